The van der Waals surface area contributed by atoms with Crippen LogP contribution in [0.15, 0.2) is 36.8 Å². The van der Waals surface area contributed by atoms with Crippen LogP contribution in [0, 0.1) is 0 Å². The van der Waals surface area contributed by atoms with Crippen molar-refractivity contribution in [2.24, 2.45) is 5.73 Å². The van der Waals surface area contributed by atoms with Crippen LogP contribution in [0.25, 0.3) is 0 Å². The Labute approximate surface area is 224 Å². The second-order valence-corrected chi connectivity index (χ2v) is 9.71. The number of phenolic OH excluding ortho intramolecular Hbond substituents is 1. The molecule has 0 radical (unpaired) electrons. The summed E-state index contributed by atoms with van der Waals surface area (Å²) in [7, 11) is 0. The quantitative estimate of drug-likeness (QED) is 0.134. The number of nitrogens with two attached hydrogens (primary N) is 1. The van der Waals surface area contributed by atoms with Crippen molar-refractivity contribution in [3.05, 3.63) is 48.0 Å². The minimum Gasteiger partial charge on any atom is -0.508 e. The summed E-state index contributed by atoms with van der Waals surface area (Å²) < 4.78 is 0. The molecule has 14 heteroatoms. The molecule has 0 saturated carbocycles. The molecular weight excluding hydrogens is 516 g/mol. The summed E-state index contributed by atoms with van der Waals surface area (Å²) in [6.07, 6.45) is 3.53. The summed E-state index contributed by atoms with van der Waals surface area (Å²) in [6.45, 7) is 1.26. The number of aliphatic hydroxyl groups excluding tert-OH is 1. The number of hydrogen-bond donors (Lipinski definition) is 8. The van der Waals surface area contributed by atoms with E-state index >= 15 is 0 Å². The van der Waals surface area contributed by atoms with Crippen molar-refractivity contribution in [3.8, 4) is 5.75 Å². The number of amides is 3. The summed E-state index contributed by atoms with van der Waals surface area (Å²) in [5, 5.41) is 36.6. The number of benzene rings is 1. The van der Waals surface area contributed by atoms with Crippen molar-refractivity contribution >= 4 is 35.5 Å². The van der Waals surface area contributed by atoms with Crippen molar-refractivity contribution in [2.45, 2.75) is 56.5 Å². The minimum atomic E-state index is -1.52. The average Bonchev–Trinajstić information content (AvgIpc) is 3.38. The van der Waals surface area contributed by atoms with E-state index in [9.17, 15) is 34.5 Å². The lowest BCUT2D eigenvalue weighted by Gasteiger charge is -2.26. The molecule has 3 amide bonds. The molecule has 13 nitrogen and oxygen atoms in total. The fourth-order valence-electron chi connectivity index (χ4n) is 3.47. The van der Waals surface area contributed by atoms with Crippen LogP contribution in [-0.2, 0) is 32.0 Å². The highest BCUT2D eigenvalue weighted by Gasteiger charge is 2.33. The van der Waals surface area contributed by atoms with Gasteiger partial charge in [0, 0.05) is 24.7 Å². The van der Waals surface area contributed by atoms with Crippen molar-refractivity contribution in [2.75, 3.05) is 12.0 Å². The molecule has 0 saturated heterocycles. The number of aromatic nitrogens is 2. The summed E-state index contributed by atoms with van der Waals surface area (Å²) in [4.78, 5) is 57.1. The molecule has 2 aromatic rings. The first kappa shape index (κ1) is 30.6. The maximum atomic E-state index is 13.2. The van der Waals surface area contributed by atoms with Crippen molar-refractivity contribution in [3.63, 3.8) is 0 Å². The van der Waals surface area contributed by atoms with Crippen LogP contribution in [0.1, 0.15) is 24.6 Å². The number of carbonyl (C=O) groups excluding carboxylic acids is 3. The van der Waals surface area contributed by atoms with Gasteiger partial charge in [-0.25, -0.2) is 9.78 Å². The van der Waals surface area contributed by atoms with Crippen molar-refractivity contribution < 1.29 is 34.5 Å². The van der Waals surface area contributed by atoms with Gasteiger partial charge in [0.15, 0.2) is 0 Å². The van der Waals surface area contributed by atoms with E-state index in [0.29, 0.717) is 23.4 Å². The number of aliphatic carboxylic acids is 1. The van der Waals surface area contributed by atoms with Gasteiger partial charge in [-0.3, -0.25) is 14.4 Å². The van der Waals surface area contributed by atoms with E-state index in [4.69, 9.17) is 5.73 Å². The molecule has 9 N–H and O–H groups in total. The lowest BCUT2D eigenvalue weighted by molar-refractivity contribution is -0.143. The number of nitrogens with zero attached hydrogens (tertiary/aromatic N) is 1. The molecule has 0 fully saturated rings. The Kier molecular flexibility index (Phi) is 12.0. The Bertz CT molecular complexity index is 1060. The zero-order chi connectivity index (χ0) is 28.2. The van der Waals surface area contributed by atoms with Crippen molar-refractivity contribution in [1.29, 1.82) is 0 Å². The van der Waals surface area contributed by atoms with Crippen LogP contribution in [0.5, 0.6) is 5.75 Å². The predicted octanol–water partition coefficient (Wildman–Crippen LogP) is -1.10. The number of carbonyl (C=O) groups is 4. The van der Waals surface area contributed by atoms with Crippen LogP contribution in [0.3, 0.4) is 0 Å². The summed E-state index contributed by atoms with van der Waals surface area (Å²) in [6, 6.07) is 1.07. The molecular formula is C24H34N6O7S. The number of carboxylic acids is 1. The van der Waals surface area contributed by atoms with Gasteiger partial charge in [-0.05, 0) is 43.0 Å². The molecule has 38 heavy (non-hydrogen) atoms. The smallest absolute Gasteiger partial charge is 0.326 e. The lowest BCUT2D eigenvalue weighted by Crippen LogP contribution is -2.60. The van der Waals surface area contributed by atoms with Gasteiger partial charge >= 0.3 is 5.97 Å². The molecule has 5 atom stereocenters. The van der Waals surface area contributed by atoms with Crippen LogP contribution < -0.4 is 21.7 Å². The number of carboxylic acid groups (broad SMARTS) is 1. The Morgan fingerprint density at radius 1 is 1.03 bits per heavy atom. The van der Waals surface area contributed by atoms with Gasteiger partial charge in [-0.1, -0.05) is 12.1 Å². The fraction of sp³-hybridized carbons (Fsp3) is 0.458. The molecule has 0 aliphatic heterocycles. The average molecular weight is 551 g/mol. The first-order valence-corrected chi connectivity index (χ1v) is 13.2. The SMILES string of the molecule is CSCCC(N)C(=O)NC(Cc1ccc(O)cc1)C(=O)NC(C(=O)NC(Cc1cnc[nH]1)C(=O)O)C(C)O. The molecule has 1 aromatic heterocycles. The molecule has 2 rings (SSSR count). The second kappa shape index (κ2) is 15.0. The number of phenols is 1. The highest BCUT2D eigenvalue weighted by molar-refractivity contribution is 7.98. The maximum Gasteiger partial charge on any atom is 0.326 e. The monoisotopic (exact) mass is 550 g/mol. The number of aromatic hydroxyl groups is 1. The summed E-state index contributed by atoms with van der Waals surface area (Å²) in [5.74, 6) is -2.94. The van der Waals surface area contributed by atoms with E-state index in [1.165, 1.54) is 43.3 Å². The number of thioether (sulfide) groups is 1. The predicted molar refractivity (Wildman–Crippen MR) is 140 cm³/mol. The van der Waals surface area contributed by atoms with E-state index in [0.717, 1.165) is 0 Å². The molecule has 0 spiro atoms. The number of aliphatic hydroxyl groups is 1. The van der Waals surface area contributed by atoms with Crippen molar-refractivity contribution in [1.82, 2.24) is 25.9 Å². The van der Waals surface area contributed by atoms with Gasteiger partial charge < -0.3 is 42.0 Å². The van der Waals surface area contributed by atoms with Crippen LogP contribution in [-0.4, -0.2) is 91.3 Å². The zero-order valence-electron chi connectivity index (χ0n) is 21.1. The number of rotatable bonds is 15. The van der Waals surface area contributed by atoms with Gasteiger partial charge in [-0.2, -0.15) is 11.8 Å². The van der Waals surface area contributed by atoms with E-state index in [-0.39, 0.29) is 18.6 Å². The highest BCUT2D eigenvalue weighted by atomic mass is 32.2. The molecule has 5 unspecified atom stereocenters. The third-order valence-corrected chi connectivity index (χ3v) is 6.28. The first-order chi connectivity index (χ1) is 18.0. The van der Waals surface area contributed by atoms with Crippen LogP contribution in [0.2, 0.25) is 0 Å². The number of imidazole rings is 1. The molecule has 0 aliphatic rings. The van der Waals surface area contributed by atoms with Crippen LogP contribution >= 0.6 is 11.8 Å². The molecule has 208 valence electrons. The van der Waals surface area contributed by atoms with Gasteiger partial charge in [-0.15, -0.1) is 0 Å². The van der Waals surface area contributed by atoms with Gasteiger partial charge in [0.1, 0.15) is 23.9 Å². The highest BCUT2D eigenvalue weighted by Crippen LogP contribution is 2.12. The molecule has 0 aliphatic carbocycles. The summed E-state index contributed by atoms with van der Waals surface area (Å²) >= 11 is 1.52. The first-order valence-electron chi connectivity index (χ1n) is 11.8. The van der Waals surface area contributed by atoms with E-state index in [2.05, 4.69) is 25.9 Å². The third-order valence-electron chi connectivity index (χ3n) is 5.64. The number of H-pyrrole nitrogens is 1. The van der Waals surface area contributed by atoms with E-state index in [1.54, 1.807) is 12.1 Å². The topological polar surface area (TPSA) is 220 Å². The van der Waals surface area contributed by atoms with Crippen LogP contribution in [0.4, 0.5) is 0 Å². The lowest BCUT2D eigenvalue weighted by atomic mass is 10.0. The summed E-state index contributed by atoms with van der Waals surface area (Å²) in [5.41, 5.74) is 7.01. The number of hydrogen-bond acceptors (Lipinski definition) is 9. The Morgan fingerprint density at radius 2 is 1.68 bits per heavy atom. The van der Waals surface area contributed by atoms with E-state index in [1.807, 2.05) is 6.26 Å². The standard InChI is InChI=1S/C24H34N6O7S/c1-13(31)20(23(35)29-19(24(36)37)10-15-11-26-12-27-15)30-22(34)18(9-14-3-5-16(32)6-4-14)28-21(33)17(25)7-8-38-2/h3-6,11-13,17-20,31-32H,7-10,25H2,1-2H3,(H,26,27)(H,28,33)(H,29,35)(H,30,34)(H,36,37). The van der Waals surface area contributed by atoms with Gasteiger partial charge in [0.25, 0.3) is 0 Å². The largest absolute Gasteiger partial charge is 0.508 e. The Balaban J connectivity index is 2.18. The number of aromatic amines is 1. The zero-order valence-corrected chi connectivity index (χ0v) is 21.9. The fourth-order valence-corrected chi connectivity index (χ4v) is 3.96. The third kappa shape index (κ3) is 9.68. The molecule has 1 heterocycles. The maximum absolute atomic E-state index is 13.2. The van der Waals surface area contributed by atoms with Gasteiger partial charge in [0.2, 0.25) is 17.7 Å². The minimum absolute atomic E-state index is 0.00117. The molecule has 1 aromatic carbocycles. The Hall–Kier alpha value is -3.62. The normalized spacial score (nSPS) is 14.9. The van der Waals surface area contributed by atoms with Gasteiger partial charge in [0.05, 0.1) is 18.5 Å². The molecule has 0 bridgehead atoms. The number of nitrogens with one attached hydrogen (secondary N) is 4. The van der Waals surface area contributed by atoms with E-state index < -0.39 is 54.0 Å². The second-order valence-electron chi connectivity index (χ2n) is 8.73. The Morgan fingerprint density at radius 3 is 2.24 bits per heavy atom.